The number of nitrogens with zero attached hydrogens (tertiary/aromatic N) is 1. The number of rotatable bonds is 3. The van der Waals surface area contributed by atoms with Crippen molar-refractivity contribution < 1.29 is 26.0 Å². The van der Waals surface area contributed by atoms with Crippen LogP contribution in [0.25, 0.3) is 16.9 Å². The first-order valence-corrected chi connectivity index (χ1v) is 9.20. The third kappa shape index (κ3) is 3.16. The molecule has 2 aromatic carbocycles. The van der Waals surface area contributed by atoms with Crippen LogP contribution in [0.1, 0.15) is 0 Å². The van der Waals surface area contributed by atoms with Crippen LogP contribution in [0.4, 0.5) is 17.6 Å². The van der Waals surface area contributed by atoms with E-state index in [1.54, 1.807) is 0 Å². The number of halogens is 4. The van der Waals surface area contributed by atoms with E-state index < -0.39 is 48.6 Å². The topological polar surface area (TPSA) is 82.2 Å². The Bertz CT molecular complexity index is 1190. The maximum Gasteiger partial charge on any atom is 0.312 e. The van der Waals surface area contributed by atoms with E-state index in [4.69, 9.17) is 5.14 Å². The van der Waals surface area contributed by atoms with Gasteiger partial charge in [-0.2, -0.15) is 0 Å². The highest BCUT2D eigenvalue weighted by Gasteiger charge is 2.22. The largest absolute Gasteiger partial charge is 0.312 e. The number of benzene rings is 2. The van der Waals surface area contributed by atoms with Crippen LogP contribution < -0.4 is 10.0 Å². The molecule has 2 N–H and O–H groups in total. The van der Waals surface area contributed by atoms with E-state index in [0.29, 0.717) is 23.5 Å². The second-order valence-electron chi connectivity index (χ2n) is 5.13. The Morgan fingerprint density at radius 1 is 0.923 bits per heavy atom. The first kappa shape index (κ1) is 18.3. The molecule has 1 heterocycles. The summed E-state index contributed by atoms with van der Waals surface area (Å²) < 4.78 is 78.3. The van der Waals surface area contributed by atoms with E-state index in [1.807, 2.05) is 0 Å². The Morgan fingerprint density at radius 3 is 2.23 bits per heavy atom. The average Bonchev–Trinajstić information content (AvgIpc) is 2.92. The van der Waals surface area contributed by atoms with Gasteiger partial charge < -0.3 is 0 Å². The molecule has 0 aliphatic rings. The number of nitrogens with two attached hydrogens (primary N) is 1. The van der Waals surface area contributed by atoms with Crippen LogP contribution in [0.3, 0.4) is 0 Å². The Morgan fingerprint density at radius 2 is 1.62 bits per heavy atom. The van der Waals surface area contributed by atoms with Gasteiger partial charge in [-0.05, 0) is 24.3 Å². The van der Waals surface area contributed by atoms with Gasteiger partial charge in [0.25, 0.3) is 0 Å². The van der Waals surface area contributed by atoms with Crippen molar-refractivity contribution in [1.82, 2.24) is 4.57 Å². The van der Waals surface area contributed by atoms with Gasteiger partial charge in [-0.3, -0.25) is 9.36 Å². The van der Waals surface area contributed by atoms with E-state index in [0.717, 1.165) is 22.8 Å². The van der Waals surface area contributed by atoms with Crippen molar-refractivity contribution in [2.24, 2.45) is 5.14 Å². The summed E-state index contributed by atoms with van der Waals surface area (Å²) in [6.07, 6.45) is 0. The molecule has 136 valence electrons. The fourth-order valence-electron chi connectivity index (χ4n) is 2.31. The van der Waals surface area contributed by atoms with Gasteiger partial charge in [0, 0.05) is 17.0 Å². The number of sulfonamides is 1. The smallest absolute Gasteiger partial charge is 0.267 e. The second-order valence-corrected chi connectivity index (χ2v) is 7.48. The van der Waals surface area contributed by atoms with E-state index in [9.17, 15) is 30.8 Å². The van der Waals surface area contributed by atoms with Crippen LogP contribution >= 0.6 is 11.3 Å². The molecule has 0 atom stereocenters. The van der Waals surface area contributed by atoms with Crippen molar-refractivity contribution in [2.45, 2.75) is 4.90 Å². The molecule has 3 aromatic rings. The minimum absolute atomic E-state index is 0.111. The van der Waals surface area contributed by atoms with Crippen LogP contribution in [-0.4, -0.2) is 13.0 Å². The molecule has 0 saturated heterocycles. The number of aromatic nitrogens is 1. The molecule has 0 unspecified atom stereocenters. The van der Waals surface area contributed by atoms with Gasteiger partial charge in [0.2, 0.25) is 10.0 Å². The molecule has 3 rings (SSSR count). The van der Waals surface area contributed by atoms with E-state index in [1.165, 1.54) is 5.38 Å². The predicted octanol–water partition coefficient (Wildman–Crippen LogP) is 2.77. The lowest BCUT2D eigenvalue weighted by Crippen LogP contribution is -2.16. The second kappa shape index (κ2) is 6.34. The molecule has 0 bridgehead atoms. The van der Waals surface area contributed by atoms with Gasteiger partial charge in [-0.25, -0.2) is 31.1 Å². The average molecular weight is 404 g/mol. The maximum atomic E-state index is 14.4. The van der Waals surface area contributed by atoms with Crippen molar-refractivity contribution >= 4 is 21.4 Å². The monoisotopic (exact) mass is 404 g/mol. The molecular weight excluding hydrogens is 396 g/mol. The third-order valence-corrected chi connectivity index (χ3v) is 5.11. The van der Waals surface area contributed by atoms with E-state index in [-0.39, 0.29) is 11.4 Å². The minimum atomic E-state index is -4.49. The highest BCUT2D eigenvalue weighted by molar-refractivity contribution is 7.89. The van der Waals surface area contributed by atoms with Crippen LogP contribution in [0.2, 0.25) is 0 Å². The normalized spacial score (nSPS) is 11.7. The lowest BCUT2D eigenvalue weighted by molar-refractivity contribution is 0.508. The Balaban J connectivity index is 2.26. The maximum absolute atomic E-state index is 14.4. The Kier molecular flexibility index (Phi) is 4.46. The summed E-state index contributed by atoms with van der Waals surface area (Å²) in [5, 5.41) is 5.98. The predicted molar refractivity (Wildman–Crippen MR) is 86.6 cm³/mol. The summed E-state index contributed by atoms with van der Waals surface area (Å²) in [6.45, 7) is 0. The molecule has 0 spiro atoms. The van der Waals surface area contributed by atoms with Crippen LogP contribution in [0, 0.1) is 23.3 Å². The number of hydrogen-bond donors (Lipinski definition) is 1. The van der Waals surface area contributed by atoms with Gasteiger partial charge in [-0.15, -0.1) is 0 Å². The standard InChI is InChI=1S/C15H8F4N2O3S2/c16-9-2-1-7(3-11(9)18)21-13(6-25-15(21)22)8-4-12(19)14(5-10(8)17)26(20,23)24/h1-6H,(H2,20,23,24). The highest BCUT2D eigenvalue weighted by Crippen LogP contribution is 2.29. The molecule has 26 heavy (non-hydrogen) atoms. The van der Waals surface area contributed by atoms with Gasteiger partial charge >= 0.3 is 4.87 Å². The summed E-state index contributed by atoms with van der Waals surface area (Å²) in [5.41, 5.74) is -0.721. The lowest BCUT2D eigenvalue weighted by atomic mass is 10.1. The molecule has 0 saturated carbocycles. The Hall–Kier alpha value is -2.50. The fourth-order valence-corrected chi connectivity index (χ4v) is 3.66. The summed E-state index contributed by atoms with van der Waals surface area (Å²) in [5.74, 6) is -4.86. The van der Waals surface area contributed by atoms with Crippen molar-refractivity contribution in [3.63, 3.8) is 0 Å². The van der Waals surface area contributed by atoms with Crippen LogP contribution in [-0.2, 0) is 10.0 Å². The molecule has 0 aliphatic carbocycles. The van der Waals surface area contributed by atoms with E-state index in [2.05, 4.69) is 0 Å². The molecule has 0 aliphatic heterocycles. The molecule has 1 aromatic heterocycles. The van der Waals surface area contributed by atoms with Crippen LogP contribution in [0.15, 0.2) is 45.4 Å². The highest BCUT2D eigenvalue weighted by atomic mass is 32.2. The van der Waals surface area contributed by atoms with E-state index >= 15 is 0 Å². The molecule has 0 fully saturated rings. The van der Waals surface area contributed by atoms with Crippen molar-refractivity contribution in [3.05, 3.63) is 68.6 Å². The zero-order chi connectivity index (χ0) is 19.2. The molecule has 5 nitrogen and oxygen atoms in total. The van der Waals surface area contributed by atoms with Crippen LogP contribution in [0.5, 0.6) is 0 Å². The van der Waals surface area contributed by atoms with Gasteiger partial charge in [-0.1, -0.05) is 11.3 Å². The quantitative estimate of drug-likeness (QED) is 0.682. The van der Waals surface area contributed by atoms with Crippen molar-refractivity contribution in [3.8, 4) is 16.9 Å². The minimum Gasteiger partial charge on any atom is -0.267 e. The van der Waals surface area contributed by atoms with Gasteiger partial charge in [0.1, 0.15) is 16.5 Å². The zero-order valence-corrected chi connectivity index (χ0v) is 14.2. The first-order chi connectivity index (χ1) is 12.1. The van der Waals surface area contributed by atoms with Gasteiger partial charge in [0.15, 0.2) is 11.6 Å². The summed E-state index contributed by atoms with van der Waals surface area (Å²) >= 11 is 0.614. The SMILES string of the molecule is NS(=O)(=O)c1cc(F)c(-c2csc(=O)n2-c2ccc(F)c(F)c2)cc1F. The summed E-state index contributed by atoms with van der Waals surface area (Å²) in [6, 6.07) is 3.53. The lowest BCUT2D eigenvalue weighted by Gasteiger charge is -2.10. The first-order valence-electron chi connectivity index (χ1n) is 6.78. The summed E-state index contributed by atoms with van der Waals surface area (Å²) in [4.78, 5) is 10.4. The fraction of sp³-hybridized carbons (Fsp3) is 0. The van der Waals surface area contributed by atoms with Crippen molar-refractivity contribution in [2.75, 3.05) is 0 Å². The van der Waals surface area contributed by atoms with Crippen molar-refractivity contribution in [1.29, 1.82) is 0 Å². The third-order valence-electron chi connectivity index (χ3n) is 3.46. The molecule has 0 radical (unpaired) electrons. The number of hydrogen-bond acceptors (Lipinski definition) is 4. The number of thiazole rings is 1. The summed E-state index contributed by atoms with van der Waals surface area (Å²) in [7, 11) is -4.49. The van der Waals surface area contributed by atoms with Gasteiger partial charge in [0.05, 0.1) is 11.4 Å². The molecule has 0 amide bonds. The Labute approximate surface area is 148 Å². The number of primary sulfonamides is 1. The zero-order valence-electron chi connectivity index (χ0n) is 12.5. The molecular formula is C15H8F4N2O3S2. The molecule has 11 heteroatoms.